The predicted octanol–water partition coefficient (Wildman–Crippen LogP) is 4.66. The number of carbonyl (C=O) groups excluding carboxylic acids is 1. The van der Waals surface area contributed by atoms with Crippen molar-refractivity contribution in [2.45, 2.75) is 31.3 Å². The number of nitrogens with zero attached hydrogens (tertiary/aromatic N) is 3. The van der Waals surface area contributed by atoms with Gasteiger partial charge in [0, 0.05) is 34.1 Å². The summed E-state index contributed by atoms with van der Waals surface area (Å²) in [6.45, 7) is 8.35. The van der Waals surface area contributed by atoms with Gasteiger partial charge in [0.2, 0.25) is 0 Å². The Labute approximate surface area is 222 Å². The van der Waals surface area contributed by atoms with Crippen molar-refractivity contribution in [1.82, 2.24) is 9.13 Å². The Balaban J connectivity index is 1.73. The summed E-state index contributed by atoms with van der Waals surface area (Å²) in [5.74, 6) is -0.454. The smallest absolute Gasteiger partial charge is 0.338 e. The minimum absolute atomic E-state index is 0.183. The third kappa shape index (κ3) is 4.51. The largest absolute Gasteiger partial charge is 0.463 e. The van der Waals surface area contributed by atoms with E-state index in [2.05, 4.69) is 28.3 Å². The van der Waals surface area contributed by atoms with E-state index in [1.54, 1.807) is 30.2 Å². The SMILES string of the molecule is C=CCn1cc(/C=c2\sc3n(c2=O)[C@H](c2ccc(SC)cc2)C(C(=O)OCC)=C(C)N=3)c2ccccc21. The first-order chi connectivity index (χ1) is 18.0. The van der Waals surface area contributed by atoms with E-state index in [0.717, 1.165) is 26.9 Å². The number of thioether (sulfide) groups is 1. The Bertz CT molecular complexity index is 1720. The molecule has 1 aliphatic heterocycles. The van der Waals surface area contributed by atoms with Crippen LogP contribution in [0.4, 0.5) is 0 Å². The van der Waals surface area contributed by atoms with Crippen LogP contribution in [0.2, 0.25) is 0 Å². The normalized spacial score (nSPS) is 15.5. The van der Waals surface area contributed by atoms with Gasteiger partial charge in [-0.2, -0.15) is 0 Å². The topological polar surface area (TPSA) is 65.6 Å². The van der Waals surface area contributed by atoms with Gasteiger partial charge in [0.25, 0.3) is 5.56 Å². The number of hydrogen-bond donors (Lipinski definition) is 0. The van der Waals surface area contributed by atoms with Crippen molar-refractivity contribution in [1.29, 1.82) is 0 Å². The molecule has 8 heteroatoms. The van der Waals surface area contributed by atoms with E-state index >= 15 is 0 Å². The van der Waals surface area contributed by atoms with Crippen LogP contribution in [0.3, 0.4) is 0 Å². The van der Waals surface area contributed by atoms with Crippen molar-refractivity contribution < 1.29 is 9.53 Å². The molecule has 0 saturated heterocycles. The van der Waals surface area contributed by atoms with E-state index in [4.69, 9.17) is 4.74 Å². The highest BCUT2D eigenvalue weighted by molar-refractivity contribution is 7.98. The van der Waals surface area contributed by atoms with Crippen LogP contribution in [0.5, 0.6) is 0 Å². The molecule has 0 fully saturated rings. The molecule has 0 aliphatic carbocycles. The molecule has 0 spiro atoms. The van der Waals surface area contributed by atoms with Gasteiger partial charge in [-0.05, 0) is 49.9 Å². The van der Waals surface area contributed by atoms with E-state index in [1.807, 2.05) is 61.0 Å². The van der Waals surface area contributed by atoms with Crippen LogP contribution in [0.25, 0.3) is 17.0 Å². The summed E-state index contributed by atoms with van der Waals surface area (Å²) >= 11 is 2.97. The van der Waals surface area contributed by atoms with Crippen molar-refractivity contribution in [2.75, 3.05) is 12.9 Å². The number of aromatic nitrogens is 2. The maximum absolute atomic E-state index is 13.9. The lowest BCUT2D eigenvalue weighted by atomic mass is 9.96. The highest BCUT2D eigenvalue weighted by atomic mass is 32.2. The Morgan fingerprint density at radius 1 is 1.22 bits per heavy atom. The molecule has 1 atom stereocenters. The molecule has 0 radical (unpaired) electrons. The molecule has 6 nitrogen and oxygen atoms in total. The van der Waals surface area contributed by atoms with E-state index in [1.165, 1.54) is 11.3 Å². The number of ether oxygens (including phenoxy) is 1. The summed E-state index contributed by atoms with van der Waals surface area (Å²) in [5, 5.41) is 1.06. The second kappa shape index (κ2) is 10.4. The average Bonchev–Trinajstić information content (AvgIpc) is 3.40. The van der Waals surface area contributed by atoms with Crippen LogP contribution in [-0.2, 0) is 16.1 Å². The van der Waals surface area contributed by atoms with Gasteiger partial charge in [0.05, 0.1) is 28.5 Å². The van der Waals surface area contributed by atoms with E-state index in [9.17, 15) is 9.59 Å². The molecule has 4 aromatic rings. The summed E-state index contributed by atoms with van der Waals surface area (Å²) in [7, 11) is 0. The molecule has 2 aromatic carbocycles. The van der Waals surface area contributed by atoms with Gasteiger partial charge < -0.3 is 9.30 Å². The molecule has 37 heavy (non-hydrogen) atoms. The summed E-state index contributed by atoms with van der Waals surface area (Å²) in [6.07, 6.45) is 7.83. The second-order valence-corrected chi connectivity index (χ2v) is 10.5. The predicted molar refractivity (Wildman–Crippen MR) is 151 cm³/mol. The molecular weight excluding hydrogens is 502 g/mol. The zero-order valence-corrected chi connectivity index (χ0v) is 22.6. The minimum Gasteiger partial charge on any atom is -0.463 e. The van der Waals surface area contributed by atoms with Crippen molar-refractivity contribution >= 4 is 46.0 Å². The Hall–Kier alpha value is -3.62. The van der Waals surface area contributed by atoms with Crippen molar-refractivity contribution in [2.24, 2.45) is 4.99 Å². The molecule has 3 heterocycles. The number of esters is 1. The first kappa shape index (κ1) is 25.0. The molecule has 0 N–H and O–H groups in total. The van der Waals surface area contributed by atoms with E-state index < -0.39 is 12.0 Å². The van der Waals surface area contributed by atoms with Gasteiger partial charge in [0.15, 0.2) is 4.80 Å². The maximum Gasteiger partial charge on any atom is 0.338 e. The highest BCUT2D eigenvalue weighted by Crippen LogP contribution is 2.31. The fraction of sp³-hybridized carbons (Fsp3) is 0.207. The summed E-state index contributed by atoms with van der Waals surface area (Å²) in [5.41, 5.74) is 3.63. The third-order valence-electron chi connectivity index (χ3n) is 6.38. The van der Waals surface area contributed by atoms with Crippen LogP contribution in [-0.4, -0.2) is 28.0 Å². The molecule has 0 bridgehead atoms. The van der Waals surface area contributed by atoms with Crippen LogP contribution < -0.4 is 14.9 Å². The Kier molecular flexibility index (Phi) is 7.04. The zero-order valence-electron chi connectivity index (χ0n) is 20.9. The molecule has 2 aromatic heterocycles. The number of benzene rings is 2. The molecule has 0 unspecified atom stereocenters. The van der Waals surface area contributed by atoms with Crippen LogP contribution in [0.1, 0.15) is 31.0 Å². The van der Waals surface area contributed by atoms with Gasteiger partial charge >= 0.3 is 5.97 Å². The van der Waals surface area contributed by atoms with Gasteiger partial charge in [-0.3, -0.25) is 9.36 Å². The number of hydrogen-bond acceptors (Lipinski definition) is 6. The quantitative estimate of drug-likeness (QED) is 0.198. The monoisotopic (exact) mass is 529 g/mol. The fourth-order valence-corrected chi connectivity index (χ4v) is 6.16. The standard InChI is InChI=1S/C29H27N3O3S2/c1-5-15-31-17-20(22-9-7-8-10-23(22)31)16-24-27(33)32-26(19-11-13-21(36-4)14-12-19)25(28(34)35-6-2)18(3)30-29(32)37-24/h5,7-14,16-17,26H,1,6,15H2,2-4H3/b24-16-/t26-/m1/s1. The number of para-hydroxylation sites is 1. The summed E-state index contributed by atoms with van der Waals surface area (Å²) in [4.78, 5) is 33.3. The van der Waals surface area contributed by atoms with Gasteiger partial charge in [0.1, 0.15) is 0 Å². The van der Waals surface area contributed by atoms with Gasteiger partial charge in [-0.1, -0.05) is 47.7 Å². The number of thiazole rings is 1. The Morgan fingerprint density at radius 3 is 2.68 bits per heavy atom. The summed E-state index contributed by atoms with van der Waals surface area (Å²) in [6, 6.07) is 15.4. The molecule has 0 amide bonds. The van der Waals surface area contributed by atoms with Crippen molar-refractivity contribution in [3.63, 3.8) is 0 Å². The van der Waals surface area contributed by atoms with E-state index in [0.29, 0.717) is 27.1 Å². The molecule has 5 rings (SSSR count). The van der Waals surface area contributed by atoms with Crippen LogP contribution >= 0.6 is 23.1 Å². The molecule has 0 saturated carbocycles. The lowest BCUT2D eigenvalue weighted by Gasteiger charge is -2.24. The van der Waals surface area contributed by atoms with Crippen molar-refractivity contribution in [3.05, 3.63) is 109 Å². The first-order valence-electron chi connectivity index (χ1n) is 12.0. The zero-order chi connectivity index (χ0) is 26.1. The summed E-state index contributed by atoms with van der Waals surface area (Å²) < 4.78 is 9.69. The van der Waals surface area contributed by atoms with Gasteiger partial charge in [-0.25, -0.2) is 9.79 Å². The number of allylic oxidation sites excluding steroid dienone is 2. The molecule has 1 aliphatic rings. The van der Waals surface area contributed by atoms with Crippen molar-refractivity contribution in [3.8, 4) is 0 Å². The fourth-order valence-electron chi connectivity index (χ4n) is 4.71. The maximum atomic E-state index is 13.9. The second-order valence-electron chi connectivity index (χ2n) is 8.62. The number of fused-ring (bicyclic) bond motifs is 2. The molecule has 188 valence electrons. The third-order valence-corrected chi connectivity index (χ3v) is 8.11. The van der Waals surface area contributed by atoms with E-state index in [-0.39, 0.29) is 12.2 Å². The first-order valence-corrected chi connectivity index (χ1v) is 14.0. The molecular formula is C29H27N3O3S2. The lowest BCUT2D eigenvalue weighted by Crippen LogP contribution is -2.39. The number of carbonyl (C=O) groups is 1. The lowest BCUT2D eigenvalue weighted by molar-refractivity contribution is -0.139. The number of rotatable bonds is 7. The minimum atomic E-state index is -0.615. The Morgan fingerprint density at radius 2 is 1.97 bits per heavy atom. The van der Waals surface area contributed by atoms with Crippen LogP contribution in [0, 0.1) is 0 Å². The van der Waals surface area contributed by atoms with Crippen LogP contribution in [0.15, 0.2) is 93.3 Å². The average molecular weight is 530 g/mol. The van der Waals surface area contributed by atoms with Gasteiger partial charge in [-0.15, -0.1) is 18.3 Å². The highest BCUT2D eigenvalue weighted by Gasteiger charge is 2.33.